The van der Waals surface area contributed by atoms with Gasteiger partial charge in [-0.25, -0.2) is 9.18 Å². The first-order valence-electron chi connectivity index (χ1n) is 11.0. The SMILES string of the molecule is Cc1c(Cl)cccc1NC(=O)N1CCC(N2CCN(Cc3cccc(F)c3)C(=O)C2=O)CC1. The summed E-state index contributed by atoms with van der Waals surface area (Å²) < 4.78 is 13.4. The second-order valence-electron chi connectivity index (χ2n) is 8.42. The van der Waals surface area contributed by atoms with Crippen molar-refractivity contribution in [1.82, 2.24) is 14.7 Å². The number of halogens is 2. The van der Waals surface area contributed by atoms with Gasteiger partial charge in [0.05, 0.1) is 0 Å². The van der Waals surface area contributed by atoms with E-state index in [0.29, 0.717) is 55.3 Å². The number of carbonyl (C=O) groups is 3. The van der Waals surface area contributed by atoms with Gasteiger partial charge in [-0.05, 0) is 55.2 Å². The lowest BCUT2D eigenvalue weighted by molar-refractivity contribution is -0.158. The zero-order valence-corrected chi connectivity index (χ0v) is 19.1. The lowest BCUT2D eigenvalue weighted by atomic mass is 10.0. The molecule has 0 unspecified atom stereocenters. The van der Waals surface area contributed by atoms with E-state index in [4.69, 9.17) is 11.6 Å². The van der Waals surface area contributed by atoms with Crippen LogP contribution in [0, 0.1) is 12.7 Å². The molecule has 9 heteroatoms. The van der Waals surface area contributed by atoms with E-state index in [9.17, 15) is 18.8 Å². The van der Waals surface area contributed by atoms with Gasteiger partial charge in [0.15, 0.2) is 0 Å². The Morgan fingerprint density at radius 3 is 2.52 bits per heavy atom. The number of piperidine rings is 1. The monoisotopic (exact) mass is 472 g/mol. The van der Waals surface area contributed by atoms with E-state index in [1.54, 1.807) is 40.1 Å². The van der Waals surface area contributed by atoms with Crippen LogP contribution in [-0.2, 0) is 16.1 Å². The average molecular weight is 473 g/mol. The van der Waals surface area contributed by atoms with Crippen LogP contribution < -0.4 is 5.32 Å². The molecule has 0 spiro atoms. The van der Waals surface area contributed by atoms with Gasteiger partial charge in [-0.1, -0.05) is 29.8 Å². The normalized spacial score (nSPS) is 17.5. The lowest BCUT2D eigenvalue weighted by Crippen LogP contribution is -2.59. The molecule has 2 heterocycles. The van der Waals surface area contributed by atoms with E-state index in [2.05, 4.69) is 5.32 Å². The summed E-state index contributed by atoms with van der Waals surface area (Å²) in [4.78, 5) is 42.9. The van der Waals surface area contributed by atoms with E-state index in [1.807, 2.05) is 6.92 Å². The Balaban J connectivity index is 1.31. The van der Waals surface area contributed by atoms with Gasteiger partial charge in [0, 0.05) is 49.5 Å². The van der Waals surface area contributed by atoms with Gasteiger partial charge in [-0.2, -0.15) is 0 Å². The number of anilines is 1. The third-order valence-corrected chi connectivity index (χ3v) is 6.72. The summed E-state index contributed by atoms with van der Waals surface area (Å²) in [7, 11) is 0. The van der Waals surface area contributed by atoms with E-state index in [1.165, 1.54) is 17.0 Å². The Hall–Kier alpha value is -3.13. The third kappa shape index (κ3) is 5.11. The molecule has 1 N–H and O–H groups in total. The molecule has 0 radical (unpaired) electrons. The average Bonchev–Trinajstić information content (AvgIpc) is 2.80. The van der Waals surface area contributed by atoms with Gasteiger partial charge in [-0.15, -0.1) is 0 Å². The molecule has 0 aliphatic carbocycles. The van der Waals surface area contributed by atoms with Crippen molar-refractivity contribution in [3.8, 4) is 0 Å². The Bertz CT molecular complexity index is 1070. The fraction of sp³-hybridized carbons (Fsp3) is 0.375. The molecule has 2 aromatic carbocycles. The summed E-state index contributed by atoms with van der Waals surface area (Å²) >= 11 is 6.13. The predicted octanol–water partition coefficient (Wildman–Crippen LogP) is 3.65. The van der Waals surface area contributed by atoms with Gasteiger partial charge in [0.25, 0.3) is 0 Å². The number of rotatable bonds is 4. The maximum Gasteiger partial charge on any atom is 0.321 e. The largest absolute Gasteiger partial charge is 0.330 e. The lowest BCUT2D eigenvalue weighted by Gasteiger charge is -2.42. The van der Waals surface area contributed by atoms with Crippen molar-refractivity contribution in [3.05, 3.63) is 64.4 Å². The first-order chi connectivity index (χ1) is 15.8. The highest BCUT2D eigenvalue weighted by Crippen LogP contribution is 2.25. The molecule has 4 amide bonds. The number of benzene rings is 2. The van der Waals surface area contributed by atoms with Crippen LogP contribution in [0.2, 0.25) is 5.02 Å². The van der Waals surface area contributed by atoms with Crippen molar-refractivity contribution >= 4 is 35.1 Å². The topological polar surface area (TPSA) is 73.0 Å². The summed E-state index contributed by atoms with van der Waals surface area (Å²) in [6.07, 6.45) is 1.20. The smallest absolute Gasteiger partial charge is 0.321 e. The minimum Gasteiger partial charge on any atom is -0.330 e. The molecule has 2 aromatic rings. The number of piperazine rings is 1. The van der Waals surface area contributed by atoms with Crippen molar-refractivity contribution in [1.29, 1.82) is 0 Å². The molecule has 174 valence electrons. The molecule has 7 nitrogen and oxygen atoms in total. The Labute approximate surface area is 197 Å². The second kappa shape index (κ2) is 9.79. The Morgan fingerprint density at radius 2 is 1.79 bits per heavy atom. The van der Waals surface area contributed by atoms with E-state index in [-0.39, 0.29) is 24.4 Å². The van der Waals surface area contributed by atoms with Crippen molar-refractivity contribution in [2.24, 2.45) is 0 Å². The summed E-state index contributed by atoms with van der Waals surface area (Å²) in [5.74, 6) is -1.47. The zero-order valence-electron chi connectivity index (χ0n) is 18.4. The van der Waals surface area contributed by atoms with Crippen molar-refractivity contribution in [2.75, 3.05) is 31.5 Å². The molecule has 2 saturated heterocycles. The quantitative estimate of drug-likeness (QED) is 0.690. The van der Waals surface area contributed by atoms with Crippen LogP contribution in [0.4, 0.5) is 14.9 Å². The molecule has 2 aliphatic heterocycles. The third-order valence-electron chi connectivity index (χ3n) is 6.31. The van der Waals surface area contributed by atoms with Gasteiger partial charge < -0.3 is 20.0 Å². The number of hydrogen-bond acceptors (Lipinski definition) is 3. The molecular formula is C24H26ClFN4O3. The van der Waals surface area contributed by atoms with Gasteiger partial charge in [-0.3, -0.25) is 9.59 Å². The number of amides is 4. The maximum absolute atomic E-state index is 13.4. The minimum atomic E-state index is -0.567. The molecular weight excluding hydrogens is 447 g/mol. The molecule has 0 saturated carbocycles. The Morgan fingerprint density at radius 1 is 1.06 bits per heavy atom. The molecule has 0 bridgehead atoms. The first-order valence-corrected chi connectivity index (χ1v) is 11.4. The zero-order chi connectivity index (χ0) is 23.5. The summed E-state index contributed by atoms with van der Waals surface area (Å²) in [5, 5.41) is 3.49. The second-order valence-corrected chi connectivity index (χ2v) is 8.82. The molecule has 33 heavy (non-hydrogen) atoms. The van der Waals surface area contributed by atoms with Crippen LogP contribution in [0.1, 0.15) is 24.0 Å². The van der Waals surface area contributed by atoms with Crippen LogP contribution in [0.15, 0.2) is 42.5 Å². The summed E-state index contributed by atoms with van der Waals surface area (Å²) in [6, 6.07) is 11.1. The standard InChI is InChI=1S/C24H26ClFN4O3/c1-16-20(25)6-3-7-21(16)27-24(33)28-10-8-19(9-11-28)30-13-12-29(22(31)23(30)32)15-17-4-2-5-18(26)14-17/h2-7,14,19H,8-13,15H2,1H3,(H,27,33). The molecule has 2 fully saturated rings. The van der Waals surface area contributed by atoms with Crippen molar-refractivity contribution in [3.63, 3.8) is 0 Å². The molecule has 0 aromatic heterocycles. The van der Waals surface area contributed by atoms with Crippen LogP contribution >= 0.6 is 11.6 Å². The first kappa shape index (κ1) is 23.0. The van der Waals surface area contributed by atoms with Gasteiger partial charge in [0.1, 0.15) is 5.82 Å². The van der Waals surface area contributed by atoms with Gasteiger partial charge >= 0.3 is 17.8 Å². The van der Waals surface area contributed by atoms with Crippen molar-refractivity contribution < 1.29 is 18.8 Å². The number of likely N-dealkylation sites (tertiary alicyclic amines) is 1. The number of hydrogen-bond donors (Lipinski definition) is 1. The maximum atomic E-state index is 13.4. The van der Waals surface area contributed by atoms with E-state index < -0.39 is 11.8 Å². The van der Waals surface area contributed by atoms with Crippen LogP contribution in [-0.4, -0.2) is 64.8 Å². The highest BCUT2D eigenvalue weighted by atomic mass is 35.5. The fourth-order valence-corrected chi connectivity index (χ4v) is 4.54. The van der Waals surface area contributed by atoms with Crippen LogP contribution in [0.25, 0.3) is 0 Å². The minimum absolute atomic E-state index is 0.0882. The van der Waals surface area contributed by atoms with Crippen molar-refractivity contribution in [2.45, 2.75) is 32.4 Å². The number of nitrogens with zero attached hydrogens (tertiary/aromatic N) is 3. The number of urea groups is 1. The van der Waals surface area contributed by atoms with Crippen LogP contribution in [0.3, 0.4) is 0 Å². The summed E-state index contributed by atoms with van der Waals surface area (Å²) in [6.45, 7) is 3.86. The van der Waals surface area contributed by atoms with E-state index in [0.717, 1.165) is 5.56 Å². The van der Waals surface area contributed by atoms with E-state index >= 15 is 0 Å². The number of carbonyl (C=O) groups excluding carboxylic acids is 3. The highest BCUT2D eigenvalue weighted by Gasteiger charge is 2.38. The molecule has 0 atom stereocenters. The highest BCUT2D eigenvalue weighted by molar-refractivity contribution is 6.35. The van der Waals surface area contributed by atoms with Crippen LogP contribution in [0.5, 0.6) is 0 Å². The summed E-state index contributed by atoms with van der Waals surface area (Å²) in [5.41, 5.74) is 2.13. The molecule has 2 aliphatic rings. The van der Waals surface area contributed by atoms with Gasteiger partial charge in [0.2, 0.25) is 0 Å². The number of nitrogens with one attached hydrogen (secondary N) is 1. The molecule has 4 rings (SSSR count). The predicted molar refractivity (Wildman–Crippen MR) is 123 cm³/mol. The fourth-order valence-electron chi connectivity index (χ4n) is 4.36. The Kier molecular flexibility index (Phi) is 6.83.